The summed E-state index contributed by atoms with van der Waals surface area (Å²) in [5, 5.41) is 4.06. The van der Waals surface area contributed by atoms with Crippen LogP contribution >= 0.6 is 22.7 Å². The summed E-state index contributed by atoms with van der Waals surface area (Å²) in [5.74, 6) is 1.76. The second-order valence-electron chi connectivity index (χ2n) is 6.21. The third-order valence-corrected chi connectivity index (χ3v) is 6.14. The Labute approximate surface area is 158 Å². The fourth-order valence-corrected chi connectivity index (χ4v) is 4.62. The maximum atomic E-state index is 12.7. The highest BCUT2D eigenvalue weighted by molar-refractivity contribution is 7.10. The summed E-state index contributed by atoms with van der Waals surface area (Å²) in [5.41, 5.74) is 1.57. The fraction of sp³-hybridized carbons (Fsp3) is 0.150. The molecule has 1 aromatic carbocycles. The molecule has 4 heterocycles. The third kappa shape index (κ3) is 2.76. The lowest BCUT2D eigenvalue weighted by Crippen LogP contribution is -2.31. The number of ketones is 1. The Bertz CT molecular complexity index is 991. The van der Waals surface area contributed by atoms with Gasteiger partial charge in [0.1, 0.15) is 18.2 Å². The first-order valence-electron chi connectivity index (χ1n) is 8.29. The summed E-state index contributed by atoms with van der Waals surface area (Å²) in [4.78, 5) is 17.2. The van der Waals surface area contributed by atoms with Crippen molar-refractivity contribution in [1.29, 1.82) is 0 Å². The van der Waals surface area contributed by atoms with E-state index in [9.17, 15) is 4.79 Å². The standard InChI is InChI=1S/C20H15NO3S2/c22-19-15-5-6-17-16(11-21(12-23-17)10-14-4-2-8-26-14)20(15)24-18(19)9-13-3-1-7-25-13/h1-9H,10-12H2/b18-9-. The van der Waals surface area contributed by atoms with Crippen LogP contribution in [-0.4, -0.2) is 17.4 Å². The molecular weight excluding hydrogens is 366 g/mol. The molecule has 0 saturated heterocycles. The number of rotatable bonds is 3. The van der Waals surface area contributed by atoms with Gasteiger partial charge in [0.2, 0.25) is 5.78 Å². The minimum absolute atomic E-state index is 0.0634. The van der Waals surface area contributed by atoms with Gasteiger partial charge in [-0.3, -0.25) is 9.69 Å². The number of nitrogens with zero attached hydrogens (tertiary/aromatic N) is 1. The Kier molecular flexibility index (Phi) is 3.89. The van der Waals surface area contributed by atoms with E-state index in [-0.39, 0.29) is 5.78 Å². The van der Waals surface area contributed by atoms with E-state index in [0.29, 0.717) is 30.3 Å². The highest BCUT2D eigenvalue weighted by atomic mass is 32.1. The van der Waals surface area contributed by atoms with Gasteiger partial charge in [0, 0.05) is 28.9 Å². The van der Waals surface area contributed by atoms with Crippen LogP contribution in [0.5, 0.6) is 11.5 Å². The monoisotopic (exact) mass is 381 g/mol. The molecule has 0 atom stereocenters. The highest BCUT2D eigenvalue weighted by Gasteiger charge is 2.33. The van der Waals surface area contributed by atoms with Gasteiger partial charge in [-0.25, -0.2) is 0 Å². The van der Waals surface area contributed by atoms with Gasteiger partial charge in [0.15, 0.2) is 5.76 Å². The fourth-order valence-electron chi connectivity index (χ4n) is 3.23. The molecular formula is C20H15NO3S2. The van der Waals surface area contributed by atoms with Gasteiger partial charge in [-0.2, -0.15) is 0 Å². The van der Waals surface area contributed by atoms with Crippen LogP contribution in [0.25, 0.3) is 6.08 Å². The number of carbonyl (C=O) groups is 1. The van der Waals surface area contributed by atoms with Crippen molar-refractivity contribution >= 4 is 34.5 Å². The first kappa shape index (κ1) is 15.8. The van der Waals surface area contributed by atoms with Crippen molar-refractivity contribution in [3.05, 3.63) is 73.8 Å². The van der Waals surface area contributed by atoms with E-state index in [1.54, 1.807) is 28.7 Å². The molecule has 0 aliphatic carbocycles. The molecule has 0 N–H and O–H groups in total. The minimum atomic E-state index is -0.0634. The summed E-state index contributed by atoms with van der Waals surface area (Å²) >= 11 is 3.32. The van der Waals surface area contributed by atoms with Gasteiger partial charge in [0.25, 0.3) is 0 Å². The van der Waals surface area contributed by atoms with E-state index >= 15 is 0 Å². The van der Waals surface area contributed by atoms with Crippen LogP contribution in [0, 0.1) is 0 Å². The van der Waals surface area contributed by atoms with Crippen LogP contribution in [0.2, 0.25) is 0 Å². The maximum Gasteiger partial charge on any atom is 0.232 e. The molecule has 2 aliphatic heterocycles. The van der Waals surface area contributed by atoms with Gasteiger partial charge >= 0.3 is 0 Å². The zero-order chi connectivity index (χ0) is 17.5. The molecule has 0 fully saturated rings. The molecule has 4 nitrogen and oxygen atoms in total. The lowest BCUT2D eigenvalue weighted by molar-refractivity contribution is 0.0882. The minimum Gasteiger partial charge on any atom is -0.478 e. The van der Waals surface area contributed by atoms with Crippen LogP contribution in [-0.2, 0) is 13.1 Å². The van der Waals surface area contributed by atoms with E-state index in [1.807, 2.05) is 29.7 Å². The second-order valence-corrected chi connectivity index (χ2v) is 8.23. The average Bonchev–Trinajstić information content (AvgIpc) is 3.39. The summed E-state index contributed by atoms with van der Waals surface area (Å²) < 4.78 is 11.9. The van der Waals surface area contributed by atoms with E-state index in [2.05, 4.69) is 22.4 Å². The molecule has 0 saturated carbocycles. The summed E-state index contributed by atoms with van der Waals surface area (Å²) in [6.07, 6.45) is 1.81. The Balaban J connectivity index is 1.46. The summed E-state index contributed by atoms with van der Waals surface area (Å²) in [6.45, 7) is 2.07. The van der Waals surface area contributed by atoms with Crippen molar-refractivity contribution in [2.45, 2.75) is 13.1 Å². The SMILES string of the molecule is O=C1/C(=C/c2cccs2)Oc2c1ccc1c2CN(Cc2cccs2)CO1. The number of allylic oxidation sites excluding steroid dienone is 1. The van der Waals surface area contributed by atoms with Crippen LogP contribution in [0.15, 0.2) is 52.9 Å². The van der Waals surface area contributed by atoms with Crippen LogP contribution < -0.4 is 9.47 Å². The van der Waals surface area contributed by atoms with Crippen molar-refractivity contribution in [2.24, 2.45) is 0 Å². The van der Waals surface area contributed by atoms with Crippen LogP contribution in [0.1, 0.15) is 25.7 Å². The average molecular weight is 381 g/mol. The van der Waals surface area contributed by atoms with Crippen molar-refractivity contribution in [2.75, 3.05) is 6.73 Å². The van der Waals surface area contributed by atoms with Crippen molar-refractivity contribution < 1.29 is 14.3 Å². The summed E-state index contributed by atoms with van der Waals surface area (Å²) in [7, 11) is 0. The second kappa shape index (κ2) is 6.39. The zero-order valence-corrected chi connectivity index (χ0v) is 15.4. The number of thiophene rings is 2. The normalized spacial score (nSPS) is 17.7. The van der Waals surface area contributed by atoms with Gasteiger partial charge in [-0.15, -0.1) is 22.7 Å². The Morgan fingerprint density at radius 2 is 2.00 bits per heavy atom. The molecule has 0 radical (unpaired) electrons. The molecule has 0 spiro atoms. The largest absolute Gasteiger partial charge is 0.478 e. The lowest BCUT2D eigenvalue weighted by atomic mass is 10.0. The maximum absolute atomic E-state index is 12.7. The summed E-state index contributed by atoms with van der Waals surface area (Å²) in [6, 6.07) is 11.8. The highest BCUT2D eigenvalue weighted by Crippen LogP contribution is 2.42. The first-order valence-corrected chi connectivity index (χ1v) is 10.0. The van der Waals surface area contributed by atoms with E-state index < -0.39 is 0 Å². The van der Waals surface area contributed by atoms with Crippen molar-refractivity contribution in [3.8, 4) is 11.5 Å². The third-order valence-electron chi connectivity index (χ3n) is 4.46. The first-order chi connectivity index (χ1) is 12.8. The number of benzene rings is 1. The van der Waals surface area contributed by atoms with Gasteiger partial charge in [-0.1, -0.05) is 12.1 Å². The Morgan fingerprint density at radius 3 is 2.81 bits per heavy atom. The van der Waals surface area contributed by atoms with Crippen LogP contribution in [0.3, 0.4) is 0 Å². The molecule has 0 amide bonds. The molecule has 3 aromatic rings. The number of fused-ring (bicyclic) bond motifs is 3. The molecule has 5 rings (SSSR count). The van der Waals surface area contributed by atoms with E-state index in [4.69, 9.17) is 9.47 Å². The van der Waals surface area contributed by atoms with E-state index in [0.717, 1.165) is 22.7 Å². The number of hydrogen-bond donors (Lipinski definition) is 0. The number of hydrogen-bond acceptors (Lipinski definition) is 6. The van der Waals surface area contributed by atoms with Gasteiger partial charge in [0.05, 0.1) is 11.1 Å². The topological polar surface area (TPSA) is 38.8 Å². The van der Waals surface area contributed by atoms with Crippen LogP contribution in [0.4, 0.5) is 0 Å². The molecule has 26 heavy (non-hydrogen) atoms. The van der Waals surface area contributed by atoms with Crippen molar-refractivity contribution in [3.63, 3.8) is 0 Å². The molecule has 0 unspecified atom stereocenters. The van der Waals surface area contributed by atoms with E-state index in [1.165, 1.54) is 4.88 Å². The Hall–Kier alpha value is -2.41. The lowest BCUT2D eigenvalue weighted by Gasteiger charge is -2.29. The predicted octanol–water partition coefficient (Wildman–Crippen LogP) is 4.78. The number of Topliss-reactive ketones (excluding diaryl/α,β-unsaturated/α-hetero) is 1. The molecule has 6 heteroatoms. The molecule has 2 aromatic heterocycles. The Morgan fingerprint density at radius 1 is 1.12 bits per heavy atom. The van der Waals surface area contributed by atoms with Gasteiger partial charge < -0.3 is 9.47 Å². The predicted molar refractivity (Wildman–Crippen MR) is 103 cm³/mol. The number of carbonyl (C=O) groups excluding carboxylic acids is 1. The van der Waals surface area contributed by atoms with Gasteiger partial charge in [-0.05, 0) is 35.0 Å². The number of ether oxygens (including phenoxy) is 2. The van der Waals surface area contributed by atoms with Crippen molar-refractivity contribution in [1.82, 2.24) is 4.90 Å². The molecule has 130 valence electrons. The smallest absolute Gasteiger partial charge is 0.232 e. The zero-order valence-electron chi connectivity index (χ0n) is 13.8. The quantitative estimate of drug-likeness (QED) is 0.612. The molecule has 2 aliphatic rings. The molecule has 0 bridgehead atoms.